The van der Waals surface area contributed by atoms with Crippen molar-refractivity contribution in [2.24, 2.45) is 5.73 Å². The maximum absolute atomic E-state index is 12.5. The topological polar surface area (TPSA) is 69.8 Å². The van der Waals surface area contributed by atoms with Gasteiger partial charge < -0.3 is 15.7 Å². The first-order chi connectivity index (χ1) is 10.1. The van der Waals surface area contributed by atoms with Gasteiger partial charge in [-0.15, -0.1) is 0 Å². The summed E-state index contributed by atoms with van der Waals surface area (Å²) in [5.41, 5.74) is 7.15. The molecule has 0 aliphatic carbocycles. The number of aromatic hydroxyl groups is 1. The smallest absolute Gasteiger partial charge is 0.257 e. The third-order valence-corrected chi connectivity index (χ3v) is 4.24. The van der Waals surface area contributed by atoms with Crippen molar-refractivity contribution in [2.75, 3.05) is 32.7 Å². The van der Waals surface area contributed by atoms with Gasteiger partial charge in [-0.3, -0.25) is 9.69 Å². The zero-order valence-electron chi connectivity index (χ0n) is 12.9. The number of carbonyl (C=O) groups is 1. The minimum absolute atomic E-state index is 0.0569. The van der Waals surface area contributed by atoms with E-state index in [1.165, 1.54) is 0 Å². The molecule has 5 heteroatoms. The standard InChI is InChI=1S/C16H25N3O2/c1-3-13(11-17)18-6-8-19(9-7-18)16(21)14-10-12(2)4-5-15(14)20/h4-5,10,13,20H,3,6-9,11,17H2,1-2H3. The van der Waals surface area contributed by atoms with Crippen molar-refractivity contribution in [2.45, 2.75) is 26.3 Å². The van der Waals surface area contributed by atoms with Crippen molar-refractivity contribution >= 4 is 5.91 Å². The molecule has 1 saturated heterocycles. The molecule has 1 heterocycles. The molecule has 1 aliphatic heterocycles. The lowest BCUT2D eigenvalue weighted by Gasteiger charge is -2.38. The molecular weight excluding hydrogens is 266 g/mol. The summed E-state index contributed by atoms with van der Waals surface area (Å²) in [6.07, 6.45) is 1.03. The van der Waals surface area contributed by atoms with Crippen LogP contribution in [0.5, 0.6) is 5.75 Å². The minimum Gasteiger partial charge on any atom is -0.507 e. The maximum atomic E-state index is 12.5. The van der Waals surface area contributed by atoms with Crippen LogP contribution in [0.3, 0.4) is 0 Å². The average molecular weight is 291 g/mol. The SMILES string of the molecule is CCC(CN)N1CCN(C(=O)c2cc(C)ccc2O)CC1. The van der Waals surface area contributed by atoms with E-state index in [4.69, 9.17) is 5.73 Å². The zero-order valence-corrected chi connectivity index (χ0v) is 12.9. The lowest BCUT2D eigenvalue weighted by atomic mass is 10.1. The molecule has 1 aromatic rings. The molecule has 0 spiro atoms. The average Bonchev–Trinajstić information content (AvgIpc) is 2.51. The van der Waals surface area contributed by atoms with Gasteiger partial charge in [-0.25, -0.2) is 0 Å². The Morgan fingerprint density at radius 2 is 2.00 bits per heavy atom. The Labute approximate surface area is 126 Å². The minimum atomic E-state index is -0.0864. The number of rotatable bonds is 4. The highest BCUT2D eigenvalue weighted by atomic mass is 16.3. The number of hydrogen-bond donors (Lipinski definition) is 2. The summed E-state index contributed by atoms with van der Waals surface area (Å²) in [5, 5.41) is 9.88. The molecule has 0 bridgehead atoms. The number of aryl methyl sites for hydroxylation is 1. The Morgan fingerprint density at radius 1 is 1.33 bits per heavy atom. The van der Waals surface area contributed by atoms with Crippen molar-refractivity contribution in [1.82, 2.24) is 9.80 Å². The van der Waals surface area contributed by atoms with Gasteiger partial charge in [0.15, 0.2) is 0 Å². The number of nitrogens with zero attached hydrogens (tertiary/aromatic N) is 2. The molecule has 5 nitrogen and oxygen atoms in total. The lowest BCUT2D eigenvalue weighted by Crippen LogP contribution is -2.53. The molecule has 1 unspecified atom stereocenters. The van der Waals surface area contributed by atoms with Gasteiger partial charge in [-0.1, -0.05) is 18.6 Å². The fourth-order valence-electron chi connectivity index (χ4n) is 2.86. The fraction of sp³-hybridized carbons (Fsp3) is 0.562. The van der Waals surface area contributed by atoms with Gasteiger partial charge in [-0.05, 0) is 25.5 Å². The van der Waals surface area contributed by atoms with Crippen LogP contribution < -0.4 is 5.73 Å². The molecule has 2 rings (SSSR count). The molecule has 0 saturated carbocycles. The van der Waals surface area contributed by atoms with Crippen molar-refractivity contribution in [3.8, 4) is 5.75 Å². The fourth-order valence-corrected chi connectivity index (χ4v) is 2.86. The van der Waals surface area contributed by atoms with E-state index in [-0.39, 0.29) is 11.7 Å². The van der Waals surface area contributed by atoms with Gasteiger partial charge in [0, 0.05) is 38.8 Å². The van der Waals surface area contributed by atoms with Gasteiger partial charge in [0.2, 0.25) is 0 Å². The van der Waals surface area contributed by atoms with Crippen LogP contribution in [0.25, 0.3) is 0 Å². The zero-order chi connectivity index (χ0) is 15.4. The molecule has 0 aromatic heterocycles. The Kier molecular flexibility index (Phi) is 5.20. The second kappa shape index (κ2) is 6.91. The van der Waals surface area contributed by atoms with E-state index >= 15 is 0 Å². The molecule has 3 N–H and O–H groups in total. The molecular formula is C16H25N3O2. The molecule has 116 valence electrons. The summed E-state index contributed by atoms with van der Waals surface area (Å²) in [6.45, 7) is 7.76. The summed E-state index contributed by atoms with van der Waals surface area (Å²) < 4.78 is 0. The van der Waals surface area contributed by atoms with Crippen LogP contribution in [0.4, 0.5) is 0 Å². The molecule has 0 radical (unpaired) electrons. The Bertz CT molecular complexity index is 492. The molecule has 1 aliphatic rings. The van der Waals surface area contributed by atoms with Crippen molar-refractivity contribution in [3.63, 3.8) is 0 Å². The summed E-state index contributed by atoms with van der Waals surface area (Å²) in [7, 11) is 0. The van der Waals surface area contributed by atoms with Gasteiger partial charge in [0.05, 0.1) is 5.56 Å². The van der Waals surface area contributed by atoms with Crippen LogP contribution in [0, 0.1) is 6.92 Å². The molecule has 21 heavy (non-hydrogen) atoms. The lowest BCUT2D eigenvalue weighted by molar-refractivity contribution is 0.0569. The van der Waals surface area contributed by atoms with Crippen molar-refractivity contribution < 1.29 is 9.90 Å². The molecule has 1 atom stereocenters. The first-order valence-corrected chi connectivity index (χ1v) is 7.59. The van der Waals surface area contributed by atoms with Crippen LogP contribution in [0.15, 0.2) is 18.2 Å². The van der Waals surface area contributed by atoms with Crippen molar-refractivity contribution in [1.29, 1.82) is 0 Å². The van der Waals surface area contributed by atoms with E-state index in [0.29, 0.717) is 31.2 Å². The van der Waals surface area contributed by atoms with Gasteiger partial charge in [0.25, 0.3) is 5.91 Å². The summed E-state index contributed by atoms with van der Waals surface area (Å²) in [6, 6.07) is 5.53. The van der Waals surface area contributed by atoms with E-state index in [2.05, 4.69) is 11.8 Å². The predicted octanol–water partition coefficient (Wildman–Crippen LogP) is 1.20. The summed E-state index contributed by atoms with van der Waals surface area (Å²) in [4.78, 5) is 16.7. The second-order valence-corrected chi connectivity index (χ2v) is 5.65. The monoisotopic (exact) mass is 291 g/mol. The van der Waals surface area contributed by atoms with E-state index < -0.39 is 0 Å². The van der Waals surface area contributed by atoms with Crippen LogP contribution >= 0.6 is 0 Å². The first kappa shape index (κ1) is 15.8. The van der Waals surface area contributed by atoms with Crippen LogP contribution in [0.2, 0.25) is 0 Å². The number of phenolic OH excluding ortho intramolecular Hbond substituents is 1. The third kappa shape index (κ3) is 3.54. The van der Waals surface area contributed by atoms with Crippen LogP contribution in [-0.2, 0) is 0 Å². The largest absolute Gasteiger partial charge is 0.507 e. The van der Waals surface area contributed by atoms with Gasteiger partial charge in [-0.2, -0.15) is 0 Å². The Hall–Kier alpha value is -1.59. The normalized spacial score (nSPS) is 17.8. The first-order valence-electron chi connectivity index (χ1n) is 7.59. The third-order valence-electron chi connectivity index (χ3n) is 4.24. The number of amides is 1. The second-order valence-electron chi connectivity index (χ2n) is 5.65. The number of piperazine rings is 1. The number of carbonyl (C=O) groups excluding carboxylic acids is 1. The Morgan fingerprint density at radius 3 is 2.57 bits per heavy atom. The number of benzene rings is 1. The number of phenols is 1. The number of nitrogens with two attached hydrogens (primary N) is 1. The summed E-state index contributed by atoms with van der Waals surface area (Å²) in [5.74, 6) is -0.0296. The van der Waals surface area contributed by atoms with E-state index in [0.717, 1.165) is 25.1 Å². The van der Waals surface area contributed by atoms with Crippen LogP contribution in [-0.4, -0.2) is 59.6 Å². The van der Waals surface area contributed by atoms with E-state index in [1.54, 1.807) is 18.2 Å². The maximum Gasteiger partial charge on any atom is 0.257 e. The summed E-state index contributed by atoms with van der Waals surface area (Å²) >= 11 is 0. The highest BCUT2D eigenvalue weighted by Gasteiger charge is 2.26. The molecule has 1 fully saturated rings. The van der Waals surface area contributed by atoms with E-state index in [9.17, 15) is 9.90 Å². The Balaban J connectivity index is 2.02. The van der Waals surface area contributed by atoms with Crippen molar-refractivity contribution in [3.05, 3.63) is 29.3 Å². The quantitative estimate of drug-likeness (QED) is 0.874. The highest BCUT2D eigenvalue weighted by Crippen LogP contribution is 2.21. The van der Waals surface area contributed by atoms with E-state index in [1.807, 2.05) is 11.8 Å². The molecule has 1 aromatic carbocycles. The predicted molar refractivity (Wildman–Crippen MR) is 83.5 cm³/mol. The van der Waals surface area contributed by atoms with Gasteiger partial charge >= 0.3 is 0 Å². The van der Waals surface area contributed by atoms with Crippen LogP contribution in [0.1, 0.15) is 29.3 Å². The molecule has 1 amide bonds. The van der Waals surface area contributed by atoms with Gasteiger partial charge in [0.1, 0.15) is 5.75 Å². The highest BCUT2D eigenvalue weighted by molar-refractivity contribution is 5.97. The number of hydrogen-bond acceptors (Lipinski definition) is 4.